The van der Waals surface area contributed by atoms with Gasteiger partial charge in [0.25, 0.3) is 0 Å². The van der Waals surface area contributed by atoms with Crippen LogP contribution in [0.25, 0.3) is 4.96 Å². The lowest BCUT2D eigenvalue weighted by atomic mass is 10.1. The summed E-state index contributed by atoms with van der Waals surface area (Å²) in [7, 11) is 3.95. The van der Waals surface area contributed by atoms with Crippen molar-refractivity contribution in [2.75, 3.05) is 14.1 Å². The normalized spacial score (nSPS) is 13.5. The van der Waals surface area contributed by atoms with Crippen LogP contribution >= 0.6 is 23.6 Å². The molecule has 0 aliphatic rings. The molecule has 0 amide bonds. The molecule has 0 fully saturated rings. The highest BCUT2D eigenvalue weighted by molar-refractivity contribution is 7.80. The predicted octanol–water partition coefficient (Wildman–Crippen LogP) is 1.90. The van der Waals surface area contributed by atoms with Gasteiger partial charge in [0.1, 0.15) is 6.04 Å². The highest BCUT2D eigenvalue weighted by Crippen LogP contribution is 2.27. The predicted molar refractivity (Wildman–Crippen MR) is 75.8 cm³/mol. The van der Waals surface area contributed by atoms with Crippen molar-refractivity contribution in [1.82, 2.24) is 14.3 Å². The van der Waals surface area contributed by atoms with Crippen LogP contribution in [0.1, 0.15) is 23.1 Å². The summed E-state index contributed by atoms with van der Waals surface area (Å²) in [5.74, 6) is 0. The number of hydrogen-bond donors (Lipinski definition) is 1. The van der Waals surface area contributed by atoms with Gasteiger partial charge in [0.05, 0.1) is 16.4 Å². The van der Waals surface area contributed by atoms with Crippen molar-refractivity contribution in [3.8, 4) is 0 Å². The summed E-state index contributed by atoms with van der Waals surface area (Å²) < 4.78 is 2.14. The lowest BCUT2D eigenvalue weighted by Crippen LogP contribution is -2.33. The van der Waals surface area contributed by atoms with Gasteiger partial charge in [-0.25, -0.2) is 4.98 Å². The molecule has 4 nitrogen and oxygen atoms in total. The van der Waals surface area contributed by atoms with E-state index in [9.17, 15) is 0 Å². The van der Waals surface area contributed by atoms with Crippen molar-refractivity contribution in [2.45, 2.75) is 19.9 Å². The van der Waals surface area contributed by atoms with Gasteiger partial charge >= 0.3 is 0 Å². The van der Waals surface area contributed by atoms with Crippen LogP contribution in [0.4, 0.5) is 0 Å². The fourth-order valence-corrected chi connectivity index (χ4v) is 3.32. The molecule has 0 radical (unpaired) electrons. The van der Waals surface area contributed by atoms with Crippen molar-refractivity contribution >= 4 is 33.5 Å². The maximum Gasteiger partial charge on any atom is 0.194 e. The van der Waals surface area contributed by atoms with Crippen LogP contribution in [0.5, 0.6) is 0 Å². The molecule has 1 atom stereocenters. The molecule has 2 heterocycles. The van der Waals surface area contributed by atoms with Gasteiger partial charge in [0, 0.05) is 11.1 Å². The summed E-state index contributed by atoms with van der Waals surface area (Å²) in [5.41, 5.74) is 9.10. The zero-order valence-corrected chi connectivity index (χ0v) is 12.0. The average molecular weight is 268 g/mol. The van der Waals surface area contributed by atoms with Crippen LogP contribution in [0, 0.1) is 13.8 Å². The Balaban J connectivity index is 2.71. The molecule has 0 bridgehead atoms. The van der Waals surface area contributed by atoms with Crippen LogP contribution in [0.3, 0.4) is 0 Å². The van der Waals surface area contributed by atoms with Gasteiger partial charge in [0.2, 0.25) is 0 Å². The minimum atomic E-state index is -0.0756. The van der Waals surface area contributed by atoms with Crippen LogP contribution in [-0.2, 0) is 0 Å². The Labute approximate surface area is 110 Å². The van der Waals surface area contributed by atoms with Gasteiger partial charge in [-0.2, -0.15) is 0 Å². The Hall–Kier alpha value is -0.980. The molecule has 1 unspecified atom stereocenters. The van der Waals surface area contributed by atoms with Crippen molar-refractivity contribution in [1.29, 1.82) is 0 Å². The number of aromatic nitrogens is 2. The molecular weight excluding hydrogens is 252 g/mol. The molecule has 2 aromatic heterocycles. The van der Waals surface area contributed by atoms with Crippen LogP contribution in [-0.4, -0.2) is 33.4 Å². The highest BCUT2D eigenvalue weighted by atomic mass is 32.1. The molecule has 0 aromatic carbocycles. The minimum absolute atomic E-state index is 0.0756. The number of thiocarbonyl (C=S) groups is 1. The lowest BCUT2D eigenvalue weighted by Gasteiger charge is -2.23. The molecule has 2 aromatic rings. The number of nitrogens with two attached hydrogens (primary N) is 1. The topological polar surface area (TPSA) is 46.6 Å². The molecule has 2 N–H and O–H groups in total. The molecule has 17 heavy (non-hydrogen) atoms. The second-order valence-electron chi connectivity index (χ2n) is 4.35. The lowest BCUT2D eigenvalue weighted by molar-refractivity contribution is 0.362. The average Bonchev–Trinajstić information content (AvgIpc) is 2.69. The molecule has 0 aliphatic heterocycles. The van der Waals surface area contributed by atoms with E-state index >= 15 is 0 Å². The van der Waals surface area contributed by atoms with Crippen LogP contribution in [0.2, 0.25) is 0 Å². The van der Waals surface area contributed by atoms with Crippen molar-refractivity contribution in [2.24, 2.45) is 5.73 Å². The maximum atomic E-state index is 5.86. The summed E-state index contributed by atoms with van der Waals surface area (Å²) in [6.45, 7) is 4.07. The molecule has 0 saturated carbocycles. The first kappa shape index (κ1) is 12.5. The third-order valence-electron chi connectivity index (χ3n) is 2.80. The van der Waals surface area contributed by atoms with Crippen molar-refractivity contribution in [3.63, 3.8) is 0 Å². The van der Waals surface area contributed by atoms with E-state index in [1.165, 1.54) is 5.69 Å². The van der Waals surface area contributed by atoms with E-state index in [-0.39, 0.29) is 6.04 Å². The fourth-order valence-electron chi connectivity index (χ4n) is 2.08. The summed E-state index contributed by atoms with van der Waals surface area (Å²) in [4.78, 5) is 8.06. The second-order valence-corrected chi connectivity index (χ2v) is 5.65. The van der Waals surface area contributed by atoms with E-state index in [2.05, 4.69) is 21.7 Å². The summed E-state index contributed by atoms with van der Waals surface area (Å²) >= 11 is 6.82. The quantitative estimate of drug-likeness (QED) is 0.864. The summed E-state index contributed by atoms with van der Waals surface area (Å²) in [6.07, 6.45) is 0. The zero-order chi connectivity index (χ0) is 12.7. The third kappa shape index (κ3) is 1.96. The molecule has 6 heteroatoms. The Morgan fingerprint density at radius 1 is 1.53 bits per heavy atom. The first-order chi connectivity index (χ1) is 7.93. The Morgan fingerprint density at radius 3 is 2.71 bits per heavy atom. The van der Waals surface area contributed by atoms with E-state index in [1.807, 2.05) is 25.9 Å². The molecule has 0 aliphatic carbocycles. The van der Waals surface area contributed by atoms with Gasteiger partial charge in [-0.15, -0.1) is 11.3 Å². The minimum Gasteiger partial charge on any atom is -0.392 e. The Kier molecular flexibility index (Phi) is 3.20. The third-order valence-corrected chi connectivity index (χ3v) is 3.97. The van der Waals surface area contributed by atoms with E-state index in [1.54, 1.807) is 11.3 Å². The number of likely N-dealkylation sites (N-methyl/N-ethyl adjacent to an activating group) is 1. The van der Waals surface area contributed by atoms with E-state index in [0.29, 0.717) is 4.99 Å². The smallest absolute Gasteiger partial charge is 0.194 e. The van der Waals surface area contributed by atoms with Crippen LogP contribution in [0.15, 0.2) is 5.38 Å². The van der Waals surface area contributed by atoms with Crippen LogP contribution < -0.4 is 5.73 Å². The van der Waals surface area contributed by atoms with E-state index in [4.69, 9.17) is 18.0 Å². The molecular formula is C11H16N4S2. The highest BCUT2D eigenvalue weighted by Gasteiger charge is 2.25. The maximum absolute atomic E-state index is 5.86. The second kappa shape index (κ2) is 4.36. The van der Waals surface area contributed by atoms with Crippen molar-refractivity contribution in [3.05, 3.63) is 22.5 Å². The number of aryl methyl sites for hydroxylation is 2. The number of fused-ring (bicyclic) bond motifs is 1. The van der Waals surface area contributed by atoms with E-state index in [0.717, 1.165) is 16.3 Å². The van der Waals surface area contributed by atoms with Gasteiger partial charge in [-0.05, 0) is 27.9 Å². The molecule has 2 rings (SSSR count). The Bertz CT molecular complexity index is 567. The number of imidazole rings is 1. The van der Waals surface area contributed by atoms with E-state index < -0.39 is 0 Å². The van der Waals surface area contributed by atoms with Gasteiger partial charge in [0.15, 0.2) is 4.96 Å². The number of nitrogens with zero attached hydrogens (tertiary/aromatic N) is 3. The fraction of sp³-hybridized carbons (Fsp3) is 0.455. The SMILES string of the molecule is Cc1nc2scc(C)n2c1C(C(N)=S)N(C)C. The summed E-state index contributed by atoms with van der Waals surface area (Å²) in [5, 5.41) is 2.09. The number of rotatable bonds is 3. The largest absolute Gasteiger partial charge is 0.392 e. The molecule has 92 valence electrons. The summed E-state index contributed by atoms with van der Waals surface area (Å²) in [6, 6.07) is -0.0756. The monoisotopic (exact) mass is 268 g/mol. The van der Waals surface area contributed by atoms with Gasteiger partial charge in [-0.3, -0.25) is 9.30 Å². The van der Waals surface area contributed by atoms with Crippen molar-refractivity contribution < 1.29 is 0 Å². The molecule has 0 spiro atoms. The standard InChI is InChI=1S/C11H16N4S2/c1-6-5-17-11-13-7(2)8(15(6)11)9(10(12)16)14(3)4/h5,9H,1-4H3,(H2,12,16). The Morgan fingerprint density at radius 2 is 2.18 bits per heavy atom. The number of hydrogen-bond acceptors (Lipinski definition) is 4. The molecule has 0 saturated heterocycles. The first-order valence-electron chi connectivity index (χ1n) is 5.32. The zero-order valence-electron chi connectivity index (χ0n) is 10.4. The first-order valence-corrected chi connectivity index (χ1v) is 6.61. The van der Waals surface area contributed by atoms with Gasteiger partial charge < -0.3 is 5.73 Å². The number of thiazole rings is 1. The van der Waals surface area contributed by atoms with Gasteiger partial charge in [-0.1, -0.05) is 12.2 Å².